The maximum Gasteiger partial charge on any atom is 0.115 e. The summed E-state index contributed by atoms with van der Waals surface area (Å²) >= 11 is 0. The van der Waals surface area contributed by atoms with Gasteiger partial charge >= 0.3 is 0 Å². The summed E-state index contributed by atoms with van der Waals surface area (Å²) < 4.78 is 0. The van der Waals surface area contributed by atoms with Gasteiger partial charge in [0.1, 0.15) is 5.75 Å². The molecule has 1 aromatic rings. The van der Waals surface area contributed by atoms with E-state index in [0.29, 0.717) is 5.75 Å². The first-order valence-corrected chi connectivity index (χ1v) is 2.13. The average molecular weight is 177 g/mol. The molecule has 4 N–H and O–H groups in total. The Balaban J connectivity index is 0. The van der Waals surface area contributed by atoms with Crippen LogP contribution in [0.25, 0.3) is 0 Å². The Labute approximate surface area is 67.2 Å². The maximum absolute atomic E-state index is 8.63. The summed E-state index contributed by atoms with van der Waals surface area (Å²) in [6.07, 6.45) is 0. The normalized spacial score (nSPS) is 6.67. The van der Waals surface area contributed by atoms with E-state index in [4.69, 9.17) is 5.11 Å². The molecule has 0 aromatic heterocycles. The molecule has 1 aromatic carbocycles. The number of aromatic hydroxyl groups is 1. The van der Waals surface area contributed by atoms with Crippen molar-refractivity contribution in [3.63, 3.8) is 0 Å². The molecule has 0 heterocycles. The molecule has 0 unspecified atom stereocenters. The zero-order valence-corrected chi connectivity index (χ0v) is 8.22. The SMILES string of the molecule is N.Oc1ccccc1.[Zn]. The predicted octanol–water partition coefficient (Wildman–Crippen LogP) is 1.55. The molecule has 0 atom stereocenters. The summed E-state index contributed by atoms with van der Waals surface area (Å²) in [4.78, 5) is 0. The first-order valence-electron chi connectivity index (χ1n) is 2.13. The minimum absolute atomic E-state index is 0. The number of phenolic OH excluding ortho intramolecular Hbond substituents is 1. The van der Waals surface area contributed by atoms with E-state index in [-0.39, 0.29) is 25.6 Å². The molecule has 0 amide bonds. The molecule has 1 rings (SSSR count). The molecule has 2 nitrogen and oxygen atoms in total. The molecule has 0 spiro atoms. The molecule has 0 radical (unpaired) electrons. The van der Waals surface area contributed by atoms with Crippen molar-refractivity contribution >= 4 is 0 Å². The molecular weight excluding hydrogens is 167 g/mol. The van der Waals surface area contributed by atoms with E-state index in [2.05, 4.69) is 0 Å². The van der Waals surface area contributed by atoms with Crippen LogP contribution < -0.4 is 6.15 Å². The van der Waals surface area contributed by atoms with E-state index in [0.717, 1.165) is 0 Å². The second-order valence-corrected chi connectivity index (χ2v) is 1.34. The van der Waals surface area contributed by atoms with Gasteiger partial charge in [-0.25, -0.2) is 0 Å². The molecule has 0 fully saturated rings. The molecule has 0 aliphatic carbocycles. The van der Waals surface area contributed by atoms with Crippen molar-refractivity contribution in [1.29, 1.82) is 0 Å². The smallest absolute Gasteiger partial charge is 0.115 e. The topological polar surface area (TPSA) is 55.2 Å². The summed E-state index contributed by atoms with van der Waals surface area (Å²) in [5, 5.41) is 8.63. The Hall–Kier alpha value is -0.397. The van der Waals surface area contributed by atoms with Gasteiger partial charge in [-0.15, -0.1) is 0 Å². The summed E-state index contributed by atoms with van der Waals surface area (Å²) in [5.74, 6) is 0.322. The van der Waals surface area contributed by atoms with E-state index < -0.39 is 0 Å². The van der Waals surface area contributed by atoms with E-state index in [1.807, 2.05) is 6.07 Å². The van der Waals surface area contributed by atoms with Crippen LogP contribution in [0.2, 0.25) is 0 Å². The average Bonchev–Trinajstić information content (AvgIpc) is 1.69. The van der Waals surface area contributed by atoms with Crippen molar-refractivity contribution in [3.8, 4) is 5.75 Å². The third-order valence-electron chi connectivity index (χ3n) is 0.756. The number of hydrogen-bond donors (Lipinski definition) is 2. The van der Waals surface area contributed by atoms with Gasteiger partial charge in [-0.2, -0.15) is 0 Å². The van der Waals surface area contributed by atoms with Gasteiger partial charge in [0.25, 0.3) is 0 Å². The van der Waals surface area contributed by atoms with Crippen molar-refractivity contribution in [2.24, 2.45) is 0 Å². The molecular formula is C6H9NOZn. The van der Waals surface area contributed by atoms with Crippen LogP contribution in [-0.4, -0.2) is 5.11 Å². The van der Waals surface area contributed by atoms with Crippen LogP contribution in [-0.2, 0) is 19.5 Å². The Morgan fingerprint density at radius 1 is 1.00 bits per heavy atom. The van der Waals surface area contributed by atoms with Crippen LogP contribution in [0.4, 0.5) is 0 Å². The second kappa shape index (κ2) is 5.73. The second-order valence-electron chi connectivity index (χ2n) is 1.34. The van der Waals surface area contributed by atoms with Gasteiger partial charge in [0, 0.05) is 19.5 Å². The zero-order valence-electron chi connectivity index (χ0n) is 5.25. The largest absolute Gasteiger partial charge is 0.508 e. The monoisotopic (exact) mass is 175 g/mol. The van der Waals surface area contributed by atoms with Crippen molar-refractivity contribution in [2.45, 2.75) is 0 Å². The van der Waals surface area contributed by atoms with Gasteiger partial charge in [0.2, 0.25) is 0 Å². The van der Waals surface area contributed by atoms with Gasteiger partial charge in [-0.05, 0) is 12.1 Å². The fraction of sp³-hybridized carbons (Fsp3) is 0. The Morgan fingerprint density at radius 3 is 1.67 bits per heavy atom. The summed E-state index contributed by atoms with van der Waals surface area (Å²) in [6.45, 7) is 0. The zero-order chi connectivity index (χ0) is 5.11. The van der Waals surface area contributed by atoms with E-state index in [9.17, 15) is 0 Å². The van der Waals surface area contributed by atoms with Crippen LogP contribution in [0.15, 0.2) is 30.3 Å². The Kier molecular flexibility index (Phi) is 7.27. The van der Waals surface area contributed by atoms with Gasteiger partial charge in [-0.3, -0.25) is 0 Å². The minimum atomic E-state index is 0. The third-order valence-corrected chi connectivity index (χ3v) is 0.756. The fourth-order valence-corrected chi connectivity index (χ4v) is 0.428. The van der Waals surface area contributed by atoms with E-state index >= 15 is 0 Å². The van der Waals surface area contributed by atoms with Crippen molar-refractivity contribution in [2.75, 3.05) is 0 Å². The third kappa shape index (κ3) is 4.13. The molecule has 46 valence electrons. The van der Waals surface area contributed by atoms with Gasteiger partial charge < -0.3 is 11.3 Å². The molecule has 0 bridgehead atoms. The number of benzene rings is 1. The number of rotatable bonds is 0. The number of phenols is 1. The van der Waals surface area contributed by atoms with Gasteiger partial charge in [0.05, 0.1) is 0 Å². The Bertz CT molecular complexity index is 143. The first kappa shape index (κ1) is 11.4. The molecule has 3 heteroatoms. The summed E-state index contributed by atoms with van der Waals surface area (Å²) in [7, 11) is 0. The van der Waals surface area contributed by atoms with E-state index in [1.54, 1.807) is 24.3 Å². The molecule has 0 saturated heterocycles. The van der Waals surface area contributed by atoms with Crippen LogP contribution in [0, 0.1) is 0 Å². The number of para-hydroxylation sites is 1. The summed E-state index contributed by atoms with van der Waals surface area (Å²) in [5.41, 5.74) is 0. The standard InChI is InChI=1S/C6H6O.H3N.Zn/c7-6-4-2-1-3-5-6;;/h1-5,7H;1H3;. The predicted molar refractivity (Wildman–Crippen MR) is 33.1 cm³/mol. The van der Waals surface area contributed by atoms with Gasteiger partial charge in [0.15, 0.2) is 0 Å². The van der Waals surface area contributed by atoms with Crippen LogP contribution in [0.5, 0.6) is 5.75 Å². The molecule has 9 heavy (non-hydrogen) atoms. The maximum atomic E-state index is 8.63. The van der Waals surface area contributed by atoms with Gasteiger partial charge in [-0.1, -0.05) is 18.2 Å². The number of hydrogen-bond acceptors (Lipinski definition) is 2. The van der Waals surface area contributed by atoms with Crippen molar-refractivity contribution in [1.82, 2.24) is 6.15 Å². The van der Waals surface area contributed by atoms with Crippen molar-refractivity contribution < 1.29 is 24.6 Å². The quantitative estimate of drug-likeness (QED) is 0.590. The minimum Gasteiger partial charge on any atom is -0.508 e. The Morgan fingerprint density at radius 2 is 1.44 bits per heavy atom. The summed E-state index contributed by atoms with van der Waals surface area (Å²) in [6, 6.07) is 8.71. The molecule has 0 saturated carbocycles. The molecule has 0 aliphatic heterocycles. The van der Waals surface area contributed by atoms with Crippen LogP contribution in [0.1, 0.15) is 0 Å². The van der Waals surface area contributed by atoms with E-state index in [1.165, 1.54) is 0 Å². The van der Waals surface area contributed by atoms with Crippen LogP contribution in [0.3, 0.4) is 0 Å². The fourth-order valence-electron chi connectivity index (χ4n) is 0.428. The van der Waals surface area contributed by atoms with Crippen molar-refractivity contribution in [3.05, 3.63) is 30.3 Å². The van der Waals surface area contributed by atoms with Crippen LogP contribution >= 0.6 is 0 Å². The first-order chi connectivity index (χ1) is 3.39. The molecule has 0 aliphatic rings.